The van der Waals surface area contributed by atoms with Crippen LogP contribution in [0.3, 0.4) is 0 Å². The van der Waals surface area contributed by atoms with Crippen LogP contribution < -0.4 is 20.3 Å². The third kappa shape index (κ3) is 9.89. The molecule has 3 saturated heterocycles. The average molecular weight is 919 g/mol. The van der Waals surface area contributed by atoms with Gasteiger partial charge in [0, 0.05) is 70.4 Å². The predicted octanol–water partition coefficient (Wildman–Crippen LogP) is 5.94. The largest absolute Gasteiger partial charge is 0.507 e. The number of anilines is 2. The molecule has 0 radical (unpaired) electrons. The highest BCUT2D eigenvalue weighted by Crippen LogP contribution is 2.37. The lowest BCUT2D eigenvalue weighted by Crippen LogP contribution is -2.59. The van der Waals surface area contributed by atoms with Crippen molar-refractivity contribution in [2.45, 2.75) is 90.1 Å². The number of thiazole rings is 1. The lowest BCUT2D eigenvalue weighted by Gasteiger charge is -2.47. The number of benzene rings is 2. The third-order valence-electron chi connectivity index (χ3n) is 13.7. The number of aromatic nitrogens is 4. The molecule has 16 nitrogen and oxygen atoms in total. The minimum atomic E-state index is -0.824. The van der Waals surface area contributed by atoms with Crippen LogP contribution in [0, 0.1) is 18.8 Å². The number of nitrogens with zero attached hydrogens (tertiary/aromatic N) is 8. The van der Waals surface area contributed by atoms with Gasteiger partial charge in [-0.3, -0.25) is 19.4 Å². The summed E-state index contributed by atoms with van der Waals surface area (Å²) in [6, 6.07) is 18.2. The average Bonchev–Trinajstić information content (AvgIpc) is 4.06. The number of aliphatic hydroxyl groups excluding tert-OH is 1. The molecular formula is C49H62N10O6S. The number of carbonyl (C=O) groups is 2. The van der Waals surface area contributed by atoms with Gasteiger partial charge in [-0.25, -0.2) is 4.98 Å². The van der Waals surface area contributed by atoms with Crippen molar-refractivity contribution in [1.29, 1.82) is 0 Å². The Labute approximate surface area is 390 Å². The van der Waals surface area contributed by atoms with Crippen LogP contribution >= 0.6 is 11.3 Å². The Kier molecular flexibility index (Phi) is 13.6. The van der Waals surface area contributed by atoms with Gasteiger partial charge in [-0.2, -0.15) is 0 Å². The zero-order valence-corrected chi connectivity index (χ0v) is 39.3. The maximum atomic E-state index is 14.3. The molecule has 66 heavy (non-hydrogen) atoms. The number of likely N-dealkylation sites (tertiary alicyclic amines) is 2. The van der Waals surface area contributed by atoms with Crippen LogP contribution in [0.4, 0.5) is 11.5 Å². The fourth-order valence-electron chi connectivity index (χ4n) is 10.4. The molecule has 0 saturated carbocycles. The Morgan fingerprint density at radius 1 is 1.00 bits per heavy atom. The number of fused-ring (bicyclic) bond motifs is 3. The standard InChI is InChI=1S/C49H62N10O6S/c1-29(2)45(49(63)59-27-37(60)19-41(59)48(62)52-31(4)34-12-14-35(15-13-34)46-32(5)51-28-66-46)43-21-44(55-65-43)64-30(3)23-56-16-8-9-33(24-56)25-57-17-18-58-36(26-57)22-50-47-40(58)20-39(53-54-47)38-10-6-7-11-42(38)61/h6-7,10-15,20-21,28-31,33,36-37,41,45,60-61H,8-9,16-19,22-27H2,1-5H3,(H,50,54)(H,52,62)/t30-,31+,33-,36-,37-,41+,45-/m1/s1. The highest BCUT2D eigenvalue weighted by molar-refractivity contribution is 7.13. The Morgan fingerprint density at radius 2 is 1.82 bits per heavy atom. The number of ether oxygens (including phenoxy) is 1. The minimum absolute atomic E-state index is 0.0592. The molecule has 3 aromatic heterocycles. The van der Waals surface area contributed by atoms with Crippen LogP contribution in [0.25, 0.3) is 21.7 Å². The first-order chi connectivity index (χ1) is 31.9. The van der Waals surface area contributed by atoms with E-state index in [1.165, 1.54) is 11.3 Å². The number of para-hydroxylation sites is 1. The molecular weight excluding hydrogens is 857 g/mol. The number of amides is 2. The quantitative estimate of drug-likeness (QED) is 0.103. The molecule has 17 heteroatoms. The van der Waals surface area contributed by atoms with Crippen molar-refractivity contribution in [2.75, 3.05) is 69.1 Å². The topological polar surface area (TPSA) is 186 Å². The maximum absolute atomic E-state index is 14.3. The van der Waals surface area contributed by atoms with E-state index >= 15 is 0 Å². The second-order valence-corrected chi connectivity index (χ2v) is 19.8. The lowest BCUT2D eigenvalue weighted by molar-refractivity contribution is -0.141. The second kappa shape index (κ2) is 19.7. The predicted molar refractivity (Wildman–Crippen MR) is 254 cm³/mol. The molecule has 0 bridgehead atoms. The first-order valence-corrected chi connectivity index (χ1v) is 24.3. The van der Waals surface area contributed by atoms with E-state index in [-0.39, 0.29) is 48.6 Å². The van der Waals surface area contributed by atoms with Crippen LogP contribution in [0.15, 0.2) is 70.7 Å². The van der Waals surface area contributed by atoms with Crippen LogP contribution in [0.1, 0.15) is 75.9 Å². The molecule has 7 atom stereocenters. The molecule has 3 fully saturated rings. The van der Waals surface area contributed by atoms with E-state index in [1.54, 1.807) is 23.5 Å². The molecule has 4 aliphatic heterocycles. The number of aliphatic hydroxyl groups is 1. The molecule has 0 spiro atoms. The number of hydrogen-bond donors (Lipinski definition) is 4. The summed E-state index contributed by atoms with van der Waals surface area (Å²) in [7, 11) is 0. The number of β-amino-alcohol motifs (C(OH)–C–C–N with tert-alkyl or cyclic N) is 1. The van der Waals surface area contributed by atoms with Gasteiger partial charge in [0.2, 0.25) is 11.8 Å². The molecule has 2 aromatic carbocycles. The highest BCUT2D eigenvalue weighted by atomic mass is 32.1. The molecule has 0 unspecified atom stereocenters. The molecule has 2 amide bonds. The number of hydrogen-bond acceptors (Lipinski definition) is 15. The van der Waals surface area contributed by atoms with Crippen molar-refractivity contribution in [1.82, 2.24) is 40.4 Å². The number of aryl methyl sites for hydroxylation is 1. The fraction of sp³-hybridized carbons (Fsp3) is 0.510. The van der Waals surface area contributed by atoms with Crippen LogP contribution in [0.5, 0.6) is 11.6 Å². The van der Waals surface area contributed by atoms with E-state index in [2.05, 4.69) is 45.7 Å². The van der Waals surface area contributed by atoms with Crippen molar-refractivity contribution >= 4 is 34.7 Å². The minimum Gasteiger partial charge on any atom is -0.507 e. The van der Waals surface area contributed by atoms with Gasteiger partial charge in [-0.1, -0.05) is 50.2 Å². The lowest BCUT2D eigenvalue weighted by atomic mass is 9.91. The fourth-order valence-corrected chi connectivity index (χ4v) is 11.2. The van der Waals surface area contributed by atoms with Gasteiger partial charge in [-0.15, -0.1) is 21.5 Å². The number of piperazine rings is 1. The number of piperidine rings is 1. The molecule has 4 N–H and O–H groups in total. The van der Waals surface area contributed by atoms with E-state index < -0.39 is 18.1 Å². The van der Waals surface area contributed by atoms with Crippen LogP contribution in [0.2, 0.25) is 0 Å². The number of phenolic OH excluding ortho intramolecular Hbond substituents is 1. The normalized spacial score (nSPS) is 22.6. The maximum Gasteiger partial charge on any atom is 0.254 e. The zero-order chi connectivity index (χ0) is 46.1. The SMILES string of the molecule is Cc1ncsc1-c1ccc([C@H](C)NC(=O)[C@@H]2C[C@@H](O)CN2C(=O)[C@@H](c2cc(O[C@H](C)CN3CCC[C@@H](CN4CCN5c6cc(-c7ccccc7O)nnc6NC[C@@H]5C4)C3)no2)C(C)C)cc1. The van der Waals surface area contributed by atoms with Crippen molar-refractivity contribution < 1.29 is 29.1 Å². The Morgan fingerprint density at radius 3 is 2.59 bits per heavy atom. The number of phenols is 1. The zero-order valence-electron chi connectivity index (χ0n) is 38.5. The first kappa shape index (κ1) is 45.5. The van der Waals surface area contributed by atoms with Gasteiger partial charge in [0.25, 0.3) is 5.88 Å². The van der Waals surface area contributed by atoms with Gasteiger partial charge in [0.1, 0.15) is 23.8 Å². The highest BCUT2D eigenvalue weighted by Gasteiger charge is 2.44. The molecule has 0 aliphatic carbocycles. The number of nitrogens with one attached hydrogen (secondary N) is 2. The monoisotopic (exact) mass is 918 g/mol. The molecule has 350 valence electrons. The summed E-state index contributed by atoms with van der Waals surface area (Å²) in [5.74, 6) is 0.744. The summed E-state index contributed by atoms with van der Waals surface area (Å²) in [6.07, 6.45) is 1.47. The number of aromatic hydroxyl groups is 1. The van der Waals surface area contributed by atoms with Crippen molar-refractivity contribution in [3.8, 4) is 33.3 Å². The van der Waals surface area contributed by atoms with E-state index in [9.17, 15) is 19.8 Å². The Hall–Kier alpha value is -5.62. The molecule has 9 rings (SSSR count). The summed E-state index contributed by atoms with van der Waals surface area (Å²) >= 11 is 1.59. The van der Waals surface area contributed by atoms with E-state index in [4.69, 9.17) is 9.26 Å². The van der Waals surface area contributed by atoms with Gasteiger partial charge >= 0.3 is 0 Å². The summed E-state index contributed by atoms with van der Waals surface area (Å²) in [5, 5.41) is 40.9. The van der Waals surface area contributed by atoms with Crippen molar-refractivity contribution in [2.24, 2.45) is 11.8 Å². The van der Waals surface area contributed by atoms with E-state index in [1.807, 2.05) is 88.7 Å². The summed E-state index contributed by atoms with van der Waals surface area (Å²) in [6.45, 7) is 17.3. The smallest absolute Gasteiger partial charge is 0.254 e. The summed E-state index contributed by atoms with van der Waals surface area (Å²) in [5.41, 5.74) is 7.21. The second-order valence-electron chi connectivity index (χ2n) is 19.0. The molecule has 7 heterocycles. The molecule has 4 aliphatic rings. The summed E-state index contributed by atoms with van der Waals surface area (Å²) in [4.78, 5) is 42.6. The van der Waals surface area contributed by atoms with Crippen LogP contribution in [-0.2, 0) is 9.59 Å². The summed E-state index contributed by atoms with van der Waals surface area (Å²) < 4.78 is 12.1. The van der Waals surface area contributed by atoms with Gasteiger partial charge in [-0.05, 0) is 86.5 Å². The Balaban J connectivity index is 0.764. The van der Waals surface area contributed by atoms with E-state index in [0.29, 0.717) is 34.9 Å². The molecule has 5 aromatic rings. The number of rotatable bonds is 14. The van der Waals surface area contributed by atoms with Gasteiger partial charge in [0.15, 0.2) is 11.6 Å². The third-order valence-corrected chi connectivity index (χ3v) is 14.7. The van der Waals surface area contributed by atoms with Gasteiger partial charge in [0.05, 0.1) is 45.7 Å². The first-order valence-electron chi connectivity index (χ1n) is 23.4. The van der Waals surface area contributed by atoms with Gasteiger partial charge < -0.3 is 39.9 Å². The van der Waals surface area contributed by atoms with Crippen molar-refractivity contribution in [3.63, 3.8) is 0 Å². The van der Waals surface area contributed by atoms with E-state index in [0.717, 1.165) is 92.0 Å². The number of carbonyl (C=O) groups excluding carboxylic acids is 2. The van der Waals surface area contributed by atoms with Crippen LogP contribution in [-0.4, -0.2) is 140 Å². The Bertz CT molecular complexity index is 2480. The van der Waals surface area contributed by atoms with Crippen molar-refractivity contribution in [3.05, 3.63) is 83.2 Å².